The van der Waals surface area contributed by atoms with E-state index < -0.39 is 5.41 Å². The molecule has 0 unspecified atom stereocenters. The summed E-state index contributed by atoms with van der Waals surface area (Å²) in [5.74, 6) is 4.16. The average Bonchev–Trinajstić information content (AvgIpc) is 3.55. The number of amides is 1. The summed E-state index contributed by atoms with van der Waals surface area (Å²) in [6.45, 7) is 1.67. The Morgan fingerprint density at radius 1 is 1.20 bits per heavy atom. The van der Waals surface area contributed by atoms with Gasteiger partial charge in [-0.1, -0.05) is 6.07 Å². The second-order valence-electron chi connectivity index (χ2n) is 6.83. The molecule has 3 aliphatic rings. The van der Waals surface area contributed by atoms with Crippen LogP contribution in [0.4, 0.5) is 0 Å². The van der Waals surface area contributed by atoms with Crippen LogP contribution in [-0.2, 0) is 10.2 Å². The Kier molecular flexibility index (Phi) is 3.87. The van der Waals surface area contributed by atoms with Crippen LogP contribution >= 0.6 is 0 Å². The van der Waals surface area contributed by atoms with E-state index in [-0.39, 0.29) is 11.6 Å². The smallest absolute Gasteiger partial charge is 0.230 e. The van der Waals surface area contributed by atoms with Gasteiger partial charge in [-0.2, -0.15) is 10.2 Å². The van der Waals surface area contributed by atoms with Gasteiger partial charge in [0.1, 0.15) is 13.2 Å². The van der Waals surface area contributed by atoms with Crippen molar-refractivity contribution in [1.29, 1.82) is 0 Å². The van der Waals surface area contributed by atoms with Gasteiger partial charge in [0, 0.05) is 25.8 Å². The molecule has 1 amide bonds. The summed E-state index contributed by atoms with van der Waals surface area (Å²) in [5.41, 5.74) is 0.213. The molecular weight excluding hydrogens is 318 g/mol. The lowest BCUT2D eigenvalue weighted by molar-refractivity contribution is -0.123. The van der Waals surface area contributed by atoms with Gasteiger partial charge in [-0.25, -0.2) is 0 Å². The maximum Gasteiger partial charge on any atom is 0.230 e. The van der Waals surface area contributed by atoms with Gasteiger partial charge < -0.3 is 14.8 Å². The molecule has 4 rings (SSSR count). The molecule has 0 saturated heterocycles. The van der Waals surface area contributed by atoms with Crippen LogP contribution in [0, 0.1) is 12.3 Å². The highest BCUT2D eigenvalue weighted by molar-refractivity contribution is 5.91. The standard InChI is InChI=1S/C19H21N3O3/c1-2-3-6-19(21-22-19)9-10-20-17(23)18(7-8-18)14-4-5-15-16(13-14)25-12-11-24-15/h1,4-5,13H,3,6-12H2,(H,20,23). The minimum Gasteiger partial charge on any atom is -0.486 e. The molecule has 1 aliphatic carbocycles. The summed E-state index contributed by atoms with van der Waals surface area (Å²) >= 11 is 0. The van der Waals surface area contributed by atoms with Crippen LogP contribution in [0.2, 0.25) is 0 Å². The first kappa shape index (κ1) is 15.9. The third-order valence-corrected chi connectivity index (χ3v) is 5.14. The fraction of sp³-hybridized carbons (Fsp3) is 0.526. The van der Waals surface area contributed by atoms with Crippen LogP contribution < -0.4 is 14.8 Å². The van der Waals surface area contributed by atoms with Crippen molar-refractivity contribution in [3.05, 3.63) is 23.8 Å². The minimum atomic E-state index is -0.431. The molecule has 1 N–H and O–H groups in total. The maximum atomic E-state index is 12.7. The van der Waals surface area contributed by atoms with Crippen LogP contribution in [0.1, 0.15) is 37.7 Å². The number of hydrogen-bond acceptors (Lipinski definition) is 5. The number of nitrogens with zero attached hydrogens (tertiary/aromatic N) is 2. The van der Waals surface area contributed by atoms with Gasteiger partial charge in [-0.3, -0.25) is 4.79 Å². The molecule has 0 bridgehead atoms. The Hall–Kier alpha value is -2.55. The van der Waals surface area contributed by atoms with Crippen molar-refractivity contribution < 1.29 is 14.3 Å². The van der Waals surface area contributed by atoms with Crippen LogP contribution in [0.3, 0.4) is 0 Å². The summed E-state index contributed by atoms with van der Waals surface area (Å²) in [4.78, 5) is 12.7. The number of fused-ring (bicyclic) bond motifs is 1. The highest BCUT2D eigenvalue weighted by Gasteiger charge is 2.51. The molecule has 1 aromatic carbocycles. The zero-order valence-electron chi connectivity index (χ0n) is 14.1. The fourth-order valence-electron chi connectivity index (χ4n) is 3.33. The third kappa shape index (κ3) is 3.07. The monoisotopic (exact) mass is 339 g/mol. The maximum absolute atomic E-state index is 12.7. The van der Waals surface area contributed by atoms with E-state index in [1.807, 2.05) is 18.2 Å². The number of hydrogen-bond donors (Lipinski definition) is 1. The number of rotatable bonds is 7. The molecule has 2 aliphatic heterocycles. The van der Waals surface area contributed by atoms with E-state index in [9.17, 15) is 4.79 Å². The summed E-state index contributed by atoms with van der Waals surface area (Å²) in [5, 5.41) is 11.3. The predicted molar refractivity (Wildman–Crippen MR) is 91.6 cm³/mol. The van der Waals surface area contributed by atoms with Gasteiger partial charge in [0.05, 0.1) is 5.41 Å². The van der Waals surface area contributed by atoms with Crippen molar-refractivity contribution in [2.45, 2.75) is 43.2 Å². The Balaban J connectivity index is 1.36. The lowest BCUT2D eigenvalue weighted by Crippen LogP contribution is -2.36. The van der Waals surface area contributed by atoms with E-state index in [1.54, 1.807) is 0 Å². The van der Waals surface area contributed by atoms with E-state index in [4.69, 9.17) is 15.9 Å². The molecule has 25 heavy (non-hydrogen) atoms. The Bertz CT molecular complexity index is 756. The Morgan fingerprint density at radius 3 is 2.64 bits per heavy atom. The first-order valence-electron chi connectivity index (χ1n) is 8.73. The molecule has 0 aromatic heterocycles. The number of carbonyl (C=O) groups is 1. The van der Waals surface area contributed by atoms with E-state index in [0.717, 1.165) is 36.3 Å². The lowest BCUT2D eigenvalue weighted by atomic mass is 9.94. The zero-order valence-corrected chi connectivity index (χ0v) is 14.1. The second kappa shape index (κ2) is 6.07. The molecule has 130 valence electrons. The first-order chi connectivity index (χ1) is 12.2. The van der Waals surface area contributed by atoms with E-state index in [2.05, 4.69) is 21.5 Å². The normalized spacial score (nSPS) is 20.4. The second-order valence-corrected chi connectivity index (χ2v) is 6.83. The van der Waals surface area contributed by atoms with E-state index in [0.29, 0.717) is 32.6 Å². The topological polar surface area (TPSA) is 72.3 Å². The molecule has 0 spiro atoms. The number of ether oxygens (including phenoxy) is 2. The number of terminal acetylenes is 1. The van der Waals surface area contributed by atoms with Crippen LogP contribution in [-0.4, -0.2) is 31.3 Å². The number of benzene rings is 1. The quantitative estimate of drug-likeness (QED) is 0.776. The predicted octanol–water partition coefficient (Wildman–Crippen LogP) is 2.57. The molecule has 1 fully saturated rings. The highest BCUT2D eigenvalue weighted by atomic mass is 16.6. The van der Waals surface area contributed by atoms with Crippen LogP contribution in [0.25, 0.3) is 0 Å². The van der Waals surface area contributed by atoms with Crippen molar-refractivity contribution in [3.8, 4) is 23.8 Å². The van der Waals surface area contributed by atoms with Crippen molar-refractivity contribution in [2.24, 2.45) is 10.2 Å². The van der Waals surface area contributed by atoms with E-state index in [1.165, 1.54) is 0 Å². The van der Waals surface area contributed by atoms with Crippen molar-refractivity contribution in [3.63, 3.8) is 0 Å². The molecule has 0 atom stereocenters. The van der Waals surface area contributed by atoms with Crippen LogP contribution in [0.5, 0.6) is 11.5 Å². The average molecular weight is 339 g/mol. The molecule has 1 saturated carbocycles. The molecular formula is C19H21N3O3. The van der Waals surface area contributed by atoms with Crippen molar-refractivity contribution in [2.75, 3.05) is 19.8 Å². The Morgan fingerprint density at radius 2 is 1.96 bits per heavy atom. The van der Waals surface area contributed by atoms with Gasteiger partial charge in [-0.15, -0.1) is 12.3 Å². The van der Waals surface area contributed by atoms with Gasteiger partial charge in [0.2, 0.25) is 5.91 Å². The van der Waals surface area contributed by atoms with Crippen molar-refractivity contribution in [1.82, 2.24) is 5.32 Å². The Labute approximate surface area is 147 Å². The van der Waals surface area contributed by atoms with Gasteiger partial charge in [0.25, 0.3) is 0 Å². The molecule has 1 aromatic rings. The largest absolute Gasteiger partial charge is 0.486 e. The SMILES string of the molecule is C#CCCC1(CCNC(=O)C2(c3ccc4c(c3)OCCO4)CC2)N=N1. The zero-order chi connectivity index (χ0) is 17.3. The van der Waals surface area contributed by atoms with Crippen LogP contribution in [0.15, 0.2) is 28.4 Å². The molecule has 0 radical (unpaired) electrons. The first-order valence-corrected chi connectivity index (χ1v) is 8.73. The van der Waals surface area contributed by atoms with E-state index >= 15 is 0 Å². The third-order valence-electron chi connectivity index (χ3n) is 5.14. The van der Waals surface area contributed by atoms with Crippen molar-refractivity contribution >= 4 is 5.91 Å². The highest BCUT2D eigenvalue weighted by Crippen LogP contribution is 2.50. The summed E-state index contributed by atoms with van der Waals surface area (Å²) < 4.78 is 11.2. The summed E-state index contributed by atoms with van der Waals surface area (Å²) in [6, 6.07) is 5.81. The lowest BCUT2D eigenvalue weighted by Gasteiger charge is -2.22. The fourth-order valence-corrected chi connectivity index (χ4v) is 3.33. The molecule has 6 heteroatoms. The van der Waals surface area contributed by atoms with Gasteiger partial charge in [0.15, 0.2) is 17.2 Å². The number of nitrogens with one attached hydrogen (secondary N) is 1. The molecule has 6 nitrogen and oxygen atoms in total. The van der Waals surface area contributed by atoms with Gasteiger partial charge >= 0.3 is 0 Å². The number of carbonyl (C=O) groups excluding carboxylic acids is 1. The molecule has 2 heterocycles. The summed E-state index contributed by atoms with van der Waals surface area (Å²) in [7, 11) is 0. The summed E-state index contributed by atoms with van der Waals surface area (Å²) in [6.07, 6.45) is 9.13. The minimum absolute atomic E-state index is 0.0666. The van der Waals surface area contributed by atoms with Gasteiger partial charge in [-0.05, 0) is 30.5 Å².